The van der Waals surface area contributed by atoms with E-state index >= 15 is 0 Å². The number of ether oxygens (including phenoxy) is 1. The predicted octanol–water partition coefficient (Wildman–Crippen LogP) is 5.58. The highest BCUT2D eigenvalue weighted by molar-refractivity contribution is 5.75. The van der Waals surface area contributed by atoms with E-state index in [1.165, 1.54) is 38.5 Å². The summed E-state index contributed by atoms with van der Waals surface area (Å²) in [4.78, 5) is 12.1. The first-order valence-corrected chi connectivity index (χ1v) is 14.0. The Labute approximate surface area is 210 Å². The minimum atomic E-state index is -0.616. The van der Waals surface area contributed by atoms with Crippen molar-refractivity contribution in [2.75, 3.05) is 0 Å². The number of carbonyl (C=O) groups excluding carboxylic acids is 1. The molecule has 0 saturated heterocycles. The van der Waals surface area contributed by atoms with E-state index in [2.05, 4.69) is 19.0 Å². The van der Waals surface area contributed by atoms with Crippen molar-refractivity contribution in [2.24, 2.45) is 46.2 Å². The highest BCUT2D eigenvalue weighted by atomic mass is 16.6. The first kappa shape index (κ1) is 25.3. The number of nitrogens with zero attached hydrogens (tertiary/aromatic N) is 1. The van der Waals surface area contributed by atoms with Gasteiger partial charge in [0.05, 0.1) is 11.3 Å². The summed E-state index contributed by atoms with van der Waals surface area (Å²) in [6.45, 7) is 11.0. The minimum Gasteiger partial charge on any atom is -0.456 e. The quantitative estimate of drug-likeness (QED) is 0.527. The molecule has 9 atom stereocenters. The second kappa shape index (κ2) is 8.86. The summed E-state index contributed by atoms with van der Waals surface area (Å²) in [5, 5.41) is 15.2. The summed E-state index contributed by atoms with van der Waals surface area (Å²) >= 11 is 0. The first-order chi connectivity index (χ1) is 16.4. The predicted molar refractivity (Wildman–Crippen MR) is 134 cm³/mol. The largest absolute Gasteiger partial charge is 0.456 e. The van der Waals surface area contributed by atoms with Gasteiger partial charge >= 0.3 is 5.97 Å². The normalized spacial score (nSPS) is 43.8. The van der Waals surface area contributed by atoms with Crippen LogP contribution in [0.2, 0.25) is 0 Å². The van der Waals surface area contributed by atoms with Crippen molar-refractivity contribution in [1.82, 2.24) is 5.16 Å². The number of aromatic nitrogens is 1. The molecule has 1 heterocycles. The van der Waals surface area contributed by atoms with E-state index in [0.717, 1.165) is 42.7 Å². The second-order valence-corrected chi connectivity index (χ2v) is 13.6. The van der Waals surface area contributed by atoms with Crippen LogP contribution in [0.4, 0.5) is 0 Å². The maximum Gasteiger partial charge on any atom is 0.323 e. The standard InChI is InChI=1S/C29H46N2O4/c1-17(2)25(30)26(32)34-16-19-14-24(31-35-19)23-9-8-21-20-7-6-18-15-27(3,33)12-13-28(18,4)22(20)10-11-29(21,23)5/h14,17-18,20-23,25,33H,6-13,15-16,30H2,1-5H3/t18?,20-,21-,22?,23+,25-,27+,28-,29-/m0/s1. The number of aliphatic hydroxyl groups is 1. The van der Waals surface area contributed by atoms with Gasteiger partial charge in [-0.1, -0.05) is 32.9 Å². The zero-order valence-corrected chi connectivity index (χ0v) is 22.4. The third-order valence-corrected chi connectivity index (χ3v) is 11.2. The summed E-state index contributed by atoms with van der Waals surface area (Å²) in [7, 11) is 0. The van der Waals surface area contributed by atoms with Gasteiger partial charge in [0.15, 0.2) is 12.4 Å². The Morgan fingerprint density at radius 2 is 1.86 bits per heavy atom. The molecule has 0 aromatic carbocycles. The molecular weight excluding hydrogens is 440 g/mol. The molecule has 196 valence electrons. The zero-order valence-electron chi connectivity index (χ0n) is 22.4. The van der Waals surface area contributed by atoms with Gasteiger partial charge in [-0.25, -0.2) is 0 Å². The van der Waals surface area contributed by atoms with Crippen molar-refractivity contribution < 1.29 is 19.2 Å². The summed E-state index contributed by atoms with van der Waals surface area (Å²) in [5.74, 6) is 3.62. The number of hydrogen-bond donors (Lipinski definition) is 2. The average molecular weight is 487 g/mol. The van der Waals surface area contributed by atoms with Gasteiger partial charge in [0.1, 0.15) is 6.04 Å². The van der Waals surface area contributed by atoms with Crippen molar-refractivity contribution in [3.8, 4) is 0 Å². The average Bonchev–Trinajstić information content (AvgIpc) is 3.40. The number of hydrogen-bond acceptors (Lipinski definition) is 6. The Morgan fingerprint density at radius 1 is 1.11 bits per heavy atom. The third kappa shape index (κ3) is 4.27. The highest BCUT2D eigenvalue weighted by Crippen LogP contribution is 2.69. The number of rotatable bonds is 5. The van der Waals surface area contributed by atoms with Gasteiger partial charge in [0.2, 0.25) is 0 Å². The molecule has 6 nitrogen and oxygen atoms in total. The van der Waals surface area contributed by atoms with Crippen LogP contribution < -0.4 is 5.73 Å². The van der Waals surface area contributed by atoms with Crippen LogP contribution in [0.1, 0.15) is 110 Å². The molecule has 35 heavy (non-hydrogen) atoms. The molecule has 4 aliphatic carbocycles. The van der Waals surface area contributed by atoms with Crippen LogP contribution in [0.25, 0.3) is 0 Å². The first-order valence-electron chi connectivity index (χ1n) is 14.0. The van der Waals surface area contributed by atoms with Crippen molar-refractivity contribution >= 4 is 5.97 Å². The van der Waals surface area contributed by atoms with E-state index in [1.54, 1.807) is 0 Å². The molecule has 5 rings (SSSR count). The van der Waals surface area contributed by atoms with Gasteiger partial charge < -0.3 is 20.1 Å². The van der Waals surface area contributed by atoms with E-state index in [4.69, 9.17) is 15.0 Å². The topological polar surface area (TPSA) is 98.6 Å². The fourth-order valence-electron chi connectivity index (χ4n) is 8.99. The van der Waals surface area contributed by atoms with E-state index in [1.807, 2.05) is 26.8 Å². The van der Waals surface area contributed by atoms with Crippen molar-refractivity contribution in [1.29, 1.82) is 0 Å². The van der Waals surface area contributed by atoms with Crippen LogP contribution in [-0.2, 0) is 16.1 Å². The van der Waals surface area contributed by atoms with E-state index in [9.17, 15) is 9.90 Å². The molecule has 4 aliphatic rings. The Balaban J connectivity index is 1.28. The van der Waals surface area contributed by atoms with Crippen LogP contribution in [0.3, 0.4) is 0 Å². The van der Waals surface area contributed by atoms with Gasteiger partial charge in [-0.05, 0) is 105 Å². The Bertz CT molecular complexity index is 941. The lowest BCUT2D eigenvalue weighted by Gasteiger charge is -2.61. The number of esters is 1. The summed E-state index contributed by atoms with van der Waals surface area (Å²) in [6, 6.07) is 1.40. The molecule has 1 aromatic heterocycles. The lowest BCUT2D eigenvalue weighted by Crippen LogP contribution is -2.55. The summed E-state index contributed by atoms with van der Waals surface area (Å²) in [6.07, 6.45) is 10.6. The molecule has 4 saturated carbocycles. The summed E-state index contributed by atoms with van der Waals surface area (Å²) in [5.41, 5.74) is 7.08. The van der Waals surface area contributed by atoms with Crippen molar-refractivity contribution in [3.05, 3.63) is 17.5 Å². The van der Waals surface area contributed by atoms with Gasteiger partial charge in [-0.2, -0.15) is 0 Å². The van der Waals surface area contributed by atoms with E-state index in [-0.39, 0.29) is 17.9 Å². The molecule has 0 amide bonds. The molecular formula is C29H46N2O4. The lowest BCUT2D eigenvalue weighted by atomic mass is 9.44. The minimum absolute atomic E-state index is 0.0392. The third-order valence-electron chi connectivity index (χ3n) is 11.2. The monoisotopic (exact) mass is 486 g/mol. The Hall–Kier alpha value is -1.40. The molecule has 2 unspecified atom stereocenters. The molecule has 0 aliphatic heterocycles. The maximum atomic E-state index is 12.1. The molecule has 4 fully saturated rings. The molecule has 0 spiro atoms. The number of fused-ring (bicyclic) bond motifs is 5. The van der Waals surface area contributed by atoms with Crippen LogP contribution in [0, 0.1) is 40.4 Å². The van der Waals surface area contributed by atoms with Gasteiger partial charge in [-0.3, -0.25) is 4.79 Å². The highest BCUT2D eigenvalue weighted by Gasteiger charge is 2.61. The van der Waals surface area contributed by atoms with Crippen molar-refractivity contribution in [3.63, 3.8) is 0 Å². The SMILES string of the molecule is CC(C)[C@H](N)C(=O)OCc1cc([C@H]2CC[C@H]3[C@@H]4CCC5C[C@](C)(O)CC[C@]5(C)C4CC[C@]23C)no1. The van der Waals surface area contributed by atoms with Gasteiger partial charge in [0, 0.05) is 12.0 Å². The van der Waals surface area contributed by atoms with Crippen molar-refractivity contribution in [2.45, 2.75) is 117 Å². The molecule has 3 N–H and O–H groups in total. The van der Waals surface area contributed by atoms with Crippen LogP contribution in [0.5, 0.6) is 0 Å². The smallest absolute Gasteiger partial charge is 0.323 e. The maximum absolute atomic E-state index is 12.1. The van der Waals surface area contributed by atoms with Crippen LogP contribution >= 0.6 is 0 Å². The van der Waals surface area contributed by atoms with E-state index in [0.29, 0.717) is 23.0 Å². The Morgan fingerprint density at radius 3 is 2.60 bits per heavy atom. The van der Waals surface area contributed by atoms with E-state index < -0.39 is 17.6 Å². The molecule has 1 aromatic rings. The molecule has 0 radical (unpaired) electrons. The Kier molecular flexibility index (Phi) is 6.40. The fraction of sp³-hybridized carbons (Fsp3) is 0.862. The van der Waals surface area contributed by atoms with Gasteiger partial charge in [0.25, 0.3) is 0 Å². The lowest BCUT2D eigenvalue weighted by molar-refractivity contribution is -0.148. The van der Waals surface area contributed by atoms with Gasteiger partial charge in [-0.15, -0.1) is 0 Å². The summed E-state index contributed by atoms with van der Waals surface area (Å²) < 4.78 is 11.0. The second-order valence-electron chi connectivity index (χ2n) is 13.6. The number of nitrogens with two attached hydrogens (primary N) is 1. The number of carbonyl (C=O) groups is 1. The van der Waals surface area contributed by atoms with Crippen LogP contribution in [-0.4, -0.2) is 27.9 Å². The fourth-order valence-corrected chi connectivity index (χ4v) is 8.99. The molecule has 0 bridgehead atoms. The molecule has 6 heteroatoms. The zero-order chi connectivity index (χ0) is 25.2. The van der Waals surface area contributed by atoms with Crippen LogP contribution in [0.15, 0.2) is 10.6 Å².